The van der Waals surface area contributed by atoms with E-state index in [0.29, 0.717) is 12.5 Å². The fourth-order valence-electron chi connectivity index (χ4n) is 1.34. The van der Waals surface area contributed by atoms with Gasteiger partial charge in [0.15, 0.2) is 0 Å². The molecule has 0 aliphatic carbocycles. The monoisotopic (exact) mass is 208 g/mol. The fourth-order valence-corrected chi connectivity index (χ4v) is 1.34. The van der Waals surface area contributed by atoms with Crippen LogP contribution in [0.1, 0.15) is 31.7 Å². The third kappa shape index (κ3) is 3.16. The number of nitrogens with zero attached hydrogens (tertiary/aromatic N) is 2. The lowest BCUT2D eigenvalue weighted by atomic mass is 10.00. The molecule has 0 aliphatic heterocycles. The van der Waals surface area contributed by atoms with Crippen LogP contribution in [0.3, 0.4) is 0 Å². The quantitative estimate of drug-likeness (QED) is 0.789. The zero-order valence-corrected chi connectivity index (χ0v) is 9.96. The first-order valence-electron chi connectivity index (χ1n) is 5.29. The molecule has 0 saturated heterocycles. The lowest BCUT2D eigenvalue weighted by molar-refractivity contribution is 0.502. The Hall–Kier alpha value is -1.16. The van der Waals surface area contributed by atoms with Gasteiger partial charge < -0.3 is 11.1 Å². The molecule has 0 aliphatic rings. The van der Waals surface area contributed by atoms with Gasteiger partial charge in [-0.15, -0.1) is 0 Å². The van der Waals surface area contributed by atoms with Crippen molar-refractivity contribution in [3.05, 3.63) is 17.5 Å². The topological polar surface area (TPSA) is 63.8 Å². The van der Waals surface area contributed by atoms with Gasteiger partial charge in [-0.25, -0.2) is 9.97 Å². The summed E-state index contributed by atoms with van der Waals surface area (Å²) in [7, 11) is 0. The van der Waals surface area contributed by atoms with Gasteiger partial charge >= 0.3 is 0 Å². The zero-order valence-electron chi connectivity index (χ0n) is 9.96. The largest absolute Gasteiger partial charge is 0.348 e. The van der Waals surface area contributed by atoms with Crippen LogP contribution in [0, 0.1) is 13.8 Å². The van der Waals surface area contributed by atoms with Gasteiger partial charge in [0.25, 0.3) is 0 Å². The van der Waals surface area contributed by atoms with Gasteiger partial charge in [-0.05, 0) is 33.3 Å². The maximum Gasteiger partial charge on any atom is 0.223 e. The van der Waals surface area contributed by atoms with E-state index < -0.39 is 0 Å². The van der Waals surface area contributed by atoms with Crippen molar-refractivity contribution in [3.8, 4) is 0 Å². The van der Waals surface area contributed by atoms with Crippen molar-refractivity contribution < 1.29 is 0 Å². The van der Waals surface area contributed by atoms with Crippen LogP contribution in [-0.2, 0) is 0 Å². The summed E-state index contributed by atoms with van der Waals surface area (Å²) in [6.45, 7) is 8.67. The Morgan fingerprint density at radius 2 is 1.87 bits per heavy atom. The Kier molecular flexibility index (Phi) is 3.63. The van der Waals surface area contributed by atoms with E-state index in [9.17, 15) is 0 Å². The summed E-state index contributed by atoms with van der Waals surface area (Å²) in [6, 6.07) is 1.96. The van der Waals surface area contributed by atoms with Crippen LogP contribution in [0.4, 0.5) is 5.95 Å². The summed E-state index contributed by atoms with van der Waals surface area (Å²) in [5.41, 5.74) is 7.54. The van der Waals surface area contributed by atoms with Gasteiger partial charge in [0, 0.05) is 23.5 Å². The number of aromatic nitrogens is 2. The van der Waals surface area contributed by atoms with Crippen molar-refractivity contribution in [2.45, 2.75) is 39.7 Å². The molecule has 0 radical (unpaired) electrons. The van der Waals surface area contributed by atoms with Crippen LogP contribution in [0.2, 0.25) is 0 Å². The van der Waals surface area contributed by atoms with Crippen molar-refractivity contribution in [2.24, 2.45) is 5.73 Å². The molecule has 1 rings (SSSR count). The molecule has 4 nitrogen and oxygen atoms in total. The summed E-state index contributed by atoms with van der Waals surface area (Å²) in [5, 5.41) is 3.29. The second-order valence-electron chi connectivity index (χ2n) is 4.22. The maximum absolute atomic E-state index is 5.72. The minimum Gasteiger partial charge on any atom is -0.348 e. The van der Waals surface area contributed by atoms with E-state index in [-0.39, 0.29) is 5.54 Å². The molecule has 0 spiro atoms. The van der Waals surface area contributed by atoms with E-state index in [1.54, 1.807) is 0 Å². The highest BCUT2D eigenvalue weighted by Crippen LogP contribution is 2.14. The summed E-state index contributed by atoms with van der Waals surface area (Å²) in [6.07, 6.45) is 0.944. The molecule has 1 heterocycles. The molecule has 0 aromatic carbocycles. The van der Waals surface area contributed by atoms with Crippen molar-refractivity contribution in [3.63, 3.8) is 0 Å². The first-order chi connectivity index (χ1) is 6.99. The third-order valence-electron chi connectivity index (χ3n) is 2.63. The first kappa shape index (κ1) is 11.9. The van der Waals surface area contributed by atoms with Crippen molar-refractivity contribution in [2.75, 3.05) is 11.9 Å². The highest BCUT2D eigenvalue weighted by molar-refractivity contribution is 5.31. The number of anilines is 1. The Morgan fingerprint density at radius 1 is 1.33 bits per heavy atom. The van der Waals surface area contributed by atoms with Crippen LogP contribution in [0.5, 0.6) is 0 Å². The second kappa shape index (κ2) is 4.57. The van der Waals surface area contributed by atoms with Gasteiger partial charge in [0.1, 0.15) is 0 Å². The van der Waals surface area contributed by atoms with Crippen LogP contribution in [-0.4, -0.2) is 22.1 Å². The molecule has 84 valence electrons. The molecule has 0 saturated carbocycles. The van der Waals surface area contributed by atoms with E-state index in [1.165, 1.54) is 0 Å². The molecular formula is C11H20N4. The SMILES string of the molecule is CCC(C)(CN)Nc1nc(C)cc(C)n1. The molecule has 4 heteroatoms. The minimum atomic E-state index is -0.125. The van der Waals surface area contributed by atoms with Crippen LogP contribution < -0.4 is 11.1 Å². The first-order valence-corrected chi connectivity index (χ1v) is 5.29. The van der Waals surface area contributed by atoms with Crippen LogP contribution >= 0.6 is 0 Å². The molecule has 0 fully saturated rings. The summed E-state index contributed by atoms with van der Waals surface area (Å²) >= 11 is 0. The van der Waals surface area contributed by atoms with Gasteiger partial charge in [-0.2, -0.15) is 0 Å². The van der Waals surface area contributed by atoms with Crippen molar-refractivity contribution >= 4 is 5.95 Å². The average Bonchev–Trinajstić information content (AvgIpc) is 2.16. The van der Waals surface area contributed by atoms with E-state index in [2.05, 4.69) is 29.1 Å². The van der Waals surface area contributed by atoms with E-state index in [1.807, 2.05) is 19.9 Å². The number of hydrogen-bond donors (Lipinski definition) is 2. The Bertz CT molecular complexity index is 311. The summed E-state index contributed by atoms with van der Waals surface area (Å²) < 4.78 is 0. The minimum absolute atomic E-state index is 0.125. The molecule has 15 heavy (non-hydrogen) atoms. The smallest absolute Gasteiger partial charge is 0.223 e. The van der Waals surface area contributed by atoms with E-state index >= 15 is 0 Å². The van der Waals surface area contributed by atoms with Gasteiger partial charge in [0.05, 0.1) is 0 Å². The molecule has 1 unspecified atom stereocenters. The Balaban J connectivity index is 2.88. The van der Waals surface area contributed by atoms with Crippen molar-refractivity contribution in [1.29, 1.82) is 0 Å². The highest BCUT2D eigenvalue weighted by atomic mass is 15.1. The van der Waals surface area contributed by atoms with E-state index in [4.69, 9.17) is 5.73 Å². The lowest BCUT2D eigenvalue weighted by Gasteiger charge is -2.28. The number of nitrogens with two attached hydrogens (primary N) is 1. The average molecular weight is 208 g/mol. The lowest BCUT2D eigenvalue weighted by Crippen LogP contribution is -2.42. The summed E-state index contributed by atoms with van der Waals surface area (Å²) in [4.78, 5) is 8.67. The molecule has 1 atom stereocenters. The van der Waals surface area contributed by atoms with Gasteiger partial charge in [0.2, 0.25) is 5.95 Å². The van der Waals surface area contributed by atoms with Gasteiger partial charge in [-0.3, -0.25) is 0 Å². The number of hydrogen-bond acceptors (Lipinski definition) is 4. The fraction of sp³-hybridized carbons (Fsp3) is 0.636. The number of rotatable bonds is 4. The summed E-state index contributed by atoms with van der Waals surface area (Å²) in [5.74, 6) is 0.669. The standard InChI is InChI=1S/C11H20N4/c1-5-11(4,7-12)15-10-13-8(2)6-9(3)14-10/h6H,5,7,12H2,1-4H3,(H,13,14,15). The van der Waals surface area contributed by atoms with Crippen LogP contribution in [0.25, 0.3) is 0 Å². The molecule has 3 N–H and O–H groups in total. The molecular weight excluding hydrogens is 188 g/mol. The normalized spacial score (nSPS) is 14.7. The Morgan fingerprint density at radius 3 is 2.27 bits per heavy atom. The predicted octanol–water partition coefficient (Wildman–Crippen LogP) is 1.63. The second-order valence-corrected chi connectivity index (χ2v) is 4.22. The van der Waals surface area contributed by atoms with Crippen LogP contribution in [0.15, 0.2) is 6.07 Å². The number of aryl methyl sites for hydroxylation is 2. The van der Waals surface area contributed by atoms with E-state index in [0.717, 1.165) is 17.8 Å². The van der Waals surface area contributed by atoms with Crippen molar-refractivity contribution in [1.82, 2.24) is 9.97 Å². The molecule has 0 amide bonds. The maximum atomic E-state index is 5.72. The predicted molar refractivity (Wildman–Crippen MR) is 62.9 cm³/mol. The number of nitrogens with one attached hydrogen (secondary N) is 1. The van der Waals surface area contributed by atoms with Gasteiger partial charge in [-0.1, -0.05) is 6.92 Å². The zero-order chi connectivity index (χ0) is 11.5. The molecule has 0 bridgehead atoms. The Labute approximate surface area is 91.3 Å². The third-order valence-corrected chi connectivity index (χ3v) is 2.63. The highest BCUT2D eigenvalue weighted by Gasteiger charge is 2.20. The molecule has 1 aromatic heterocycles. The molecule has 1 aromatic rings.